The largest absolute Gasteiger partial charge is 0.394 e. The van der Waals surface area contributed by atoms with E-state index in [1.807, 2.05) is 42.2 Å². The van der Waals surface area contributed by atoms with E-state index >= 15 is 0 Å². The first-order valence-electron chi connectivity index (χ1n) is 6.96. The molecule has 1 saturated heterocycles. The van der Waals surface area contributed by atoms with Crippen molar-refractivity contribution >= 4 is 5.91 Å². The predicted octanol–water partition coefficient (Wildman–Crippen LogP) is 0.384. The number of hydrogen-bond donors (Lipinski definition) is 2. The van der Waals surface area contributed by atoms with Gasteiger partial charge in [-0.05, 0) is 12.5 Å². The molecule has 1 heterocycles. The normalized spacial score (nSPS) is 23.5. The minimum absolute atomic E-state index is 0.000655. The molecule has 2 atom stereocenters. The number of carbonyl (C=O) groups excluding carboxylic acids is 1. The van der Waals surface area contributed by atoms with Gasteiger partial charge >= 0.3 is 0 Å². The van der Waals surface area contributed by atoms with Crippen LogP contribution in [0.15, 0.2) is 30.3 Å². The van der Waals surface area contributed by atoms with Crippen molar-refractivity contribution in [1.82, 2.24) is 10.2 Å². The van der Waals surface area contributed by atoms with Gasteiger partial charge in [-0.3, -0.25) is 9.69 Å². The molecule has 0 aliphatic carbocycles. The molecule has 1 aromatic carbocycles. The van der Waals surface area contributed by atoms with Crippen LogP contribution in [0.25, 0.3) is 0 Å². The van der Waals surface area contributed by atoms with E-state index in [0.29, 0.717) is 26.2 Å². The minimum atomic E-state index is -0.187. The Kier molecular flexibility index (Phi) is 5.52. The lowest BCUT2D eigenvalue weighted by atomic mass is 10.2. The number of hydrogen-bond acceptors (Lipinski definition) is 4. The van der Waals surface area contributed by atoms with Crippen LogP contribution in [0.4, 0.5) is 0 Å². The number of aliphatic hydroxyl groups is 1. The molecule has 2 N–H and O–H groups in total. The van der Waals surface area contributed by atoms with Crippen LogP contribution in [-0.2, 0) is 16.1 Å². The molecular formula is C15H22N2O3. The van der Waals surface area contributed by atoms with Crippen molar-refractivity contribution in [2.24, 2.45) is 0 Å². The first kappa shape index (κ1) is 15.0. The van der Waals surface area contributed by atoms with Crippen molar-refractivity contribution in [3.63, 3.8) is 0 Å². The van der Waals surface area contributed by atoms with E-state index in [1.54, 1.807) is 0 Å². The van der Waals surface area contributed by atoms with Crippen molar-refractivity contribution in [2.75, 3.05) is 26.3 Å². The van der Waals surface area contributed by atoms with E-state index in [-0.39, 0.29) is 24.7 Å². The SMILES string of the molecule is CC1COC(CO)CN1CC(=O)NCc1ccccc1. The zero-order valence-electron chi connectivity index (χ0n) is 11.8. The molecule has 1 aliphatic heterocycles. The summed E-state index contributed by atoms with van der Waals surface area (Å²) >= 11 is 0. The number of nitrogens with zero attached hydrogens (tertiary/aromatic N) is 1. The zero-order valence-corrected chi connectivity index (χ0v) is 11.8. The molecule has 1 fully saturated rings. The Morgan fingerprint density at radius 1 is 1.45 bits per heavy atom. The molecule has 0 saturated carbocycles. The Balaban J connectivity index is 1.78. The van der Waals surface area contributed by atoms with Gasteiger partial charge in [0.1, 0.15) is 0 Å². The number of benzene rings is 1. The van der Waals surface area contributed by atoms with Crippen LogP contribution in [0.1, 0.15) is 12.5 Å². The molecule has 1 aromatic rings. The van der Waals surface area contributed by atoms with Gasteiger partial charge in [0, 0.05) is 19.1 Å². The molecule has 0 bridgehead atoms. The van der Waals surface area contributed by atoms with Crippen molar-refractivity contribution in [3.05, 3.63) is 35.9 Å². The number of aliphatic hydroxyl groups excluding tert-OH is 1. The summed E-state index contributed by atoms with van der Waals surface area (Å²) in [5, 5.41) is 12.0. The van der Waals surface area contributed by atoms with Crippen molar-refractivity contribution in [1.29, 1.82) is 0 Å². The summed E-state index contributed by atoms with van der Waals surface area (Å²) in [5.41, 5.74) is 1.09. The van der Waals surface area contributed by atoms with Crippen LogP contribution in [0.3, 0.4) is 0 Å². The Hall–Kier alpha value is -1.43. The second-order valence-corrected chi connectivity index (χ2v) is 5.18. The number of carbonyl (C=O) groups is 1. The lowest BCUT2D eigenvalue weighted by Gasteiger charge is -2.36. The van der Waals surface area contributed by atoms with E-state index in [4.69, 9.17) is 9.84 Å². The molecule has 20 heavy (non-hydrogen) atoms. The molecule has 110 valence electrons. The van der Waals surface area contributed by atoms with Gasteiger partial charge < -0.3 is 15.2 Å². The molecule has 1 amide bonds. The number of morpholine rings is 1. The van der Waals surface area contributed by atoms with Gasteiger partial charge in [-0.25, -0.2) is 0 Å². The highest BCUT2D eigenvalue weighted by Crippen LogP contribution is 2.10. The molecule has 1 aliphatic rings. The molecule has 2 unspecified atom stereocenters. The van der Waals surface area contributed by atoms with Crippen LogP contribution >= 0.6 is 0 Å². The second-order valence-electron chi connectivity index (χ2n) is 5.18. The molecular weight excluding hydrogens is 256 g/mol. The van der Waals surface area contributed by atoms with Gasteiger partial charge in [-0.2, -0.15) is 0 Å². The zero-order chi connectivity index (χ0) is 14.4. The lowest BCUT2D eigenvalue weighted by molar-refractivity contribution is -0.127. The van der Waals surface area contributed by atoms with Crippen LogP contribution in [0.5, 0.6) is 0 Å². The van der Waals surface area contributed by atoms with Crippen molar-refractivity contribution < 1.29 is 14.6 Å². The third-order valence-electron chi connectivity index (χ3n) is 3.52. The van der Waals surface area contributed by atoms with Gasteiger partial charge in [-0.15, -0.1) is 0 Å². The van der Waals surface area contributed by atoms with Crippen LogP contribution in [-0.4, -0.2) is 54.4 Å². The fraction of sp³-hybridized carbons (Fsp3) is 0.533. The topological polar surface area (TPSA) is 61.8 Å². The third kappa shape index (κ3) is 4.30. The summed E-state index contributed by atoms with van der Waals surface area (Å²) in [6, 6.07) is 10.0. The molecule has 0 aromatic heterocycles. The monoisotopic (exact) mass is 278 g/mol. The van der Waals surface area contributed by atoms with E-state index in [0.717, 1.165) is 5.56 Å². The molecule has 2 rings (SSSR count). The number of ether oxygens (including phenoxy) is 1. The average Bonchev–Trinajstić information content (AvgIpc) is 2.48. The summed E-state index contributed by atoms with van der Waals surface area (Å²) < 4.78 is 5.46. The summed E-state index contributed by atoms with van der Waals surface area (Å²) in [5.74, 6) is -0.000655. The smallest absolute Gasteiger partial charge is 0.234 e. The van der Waals surface area contributed by atoms with E-state index in [1.165, 1.54) is 0 Å². The summed E-state index contributed by atoms with van der Waals surface area (Å²) in [6.45, 7) is 4.05. The fourth-order valence-electron chi connectivity index (χ4n) is 2.24. The summed E-state index contributed by atoms with van der Waals surface area (Å²) in [7, 11) is 0. The Labute approximate surface area is 119 Å². The van der Waals surface area contributed by atoms with Gasteiger partial charge in [0.25, 0.3) is 0 Å². The Morgan fingerprint density at radius 3 is 2.90 bits per heavy atom. The predicted molar refractivity (Wildman–Crippen MR) is 76.1 cm³/mol. The maximum atomic E-state index is 12.0. The molecule has 5 heteroatoms. The number of nitrogens with one attached hydrogen (secondary N) is 1. The van der Waals surface area contributed by atoms with Gasteiger partial charge in [0.05, 0.1) is 25.9 Å². The first-order valence-corrected chi connectivity index (χ1v) is 6.96. The van der Waals surface area contributed by atoms with Gasteiger partial charge in [0.15, 0.2) is 0 Å². The molecule has 5 nitrogen and oxygen atoms in total. The van der Waals surface area contributed by atoms with Crippen molar-refractivity contribution in [2.45, 2.75) is 25.6 Å². The minimum Gasteiger partial charge on any atom is -0.394 e. The molecule has 0 radical (unpaired) electrons. The van der Waals surface area contributed by atoms with Crippen LogP contribution in [0.2, 0.25) is 0 Å². The lowest BCUT2D eigenvalue weighted by Crippen LogP contribution is -2.52. The van der Waals surface area contributed by atoms with Crippen molar-refractivity contribution in [3.8, 4) is 0 Å². The Bertz CT molecular complexity index is 424. The van der Waals surface area contributed by atoms with E-state index in [2.05, 4.69) is 5.32 Å². The van der Waals surface area contributed by atoms with E-state index in [9.17, 15) is 4.79 Å². The summed E-state index contributed by atoms with van der Waals surface area (Å²) in [4.78, 5) is 14.0. The highest BCUT2D eigenvalue weighted by Gasteiger charge is 2.26. The van der Waals surface area contributed by atoms with E-state index < -0.39 is 0 Å². The Morgan fingerprint density at radius 2 is 2.20 bits per heavy atom. The van der Waals surface area contributed by atoms with Crippen LogP contribution < -0.4 is 5.32 Å². The average molecular weight is 278 g/mol. The molecule has 0 spiro atoms. The number of amides is 1. The third-order valence-corrected chi connectivity index (χ3v) is 3.52. The second kappa shape index (κ2) is 7.38. The number of rotatable bonds is 5. The quantitative estimate of drug-likeness (QED) is 0.817. The highest BCUT2D eigenvalue weighted by atomic mass is 16.5. The summed E-state index contributed by atoms with van der Waals surface area (Å²) in [6.07, 6.45) is -0.187. The maximum absolute atomic E-state index is 12.0. The van der Waals surface area contributed by atoms with Crippen LogP contribution in [0, 0.1) is 0 Å². The maximum Gasteiger partial charge on any atom is 0.234 e. The van der Waals surface area contributed by atoms with Gasteiger partial charge in [0.2, 0.25) is 5.91 Å². The highest BCUT2D eigenvalue weighted by molar-refractivity contribution is 5.78. The van der Waals surface area contributed by atoms with Gasteiger partial charge in [-0.1, -0.05) is 30.3 Å². The standard InChI is InChI=1S/C15H22N2O3/c1-12-11-20-14(10-18)8-17(12)9-15(19)16-7-13-5-3-2-4-6-13/h2-6,12,14,18H,7-11H2,1H3,(H,16,19). The fourth-order valence-corrected chi connectivity index (χ4v) is 2.24. The first-order chi connectivity index (χ1) is 9.69.